The van der Waals surface area contributed by atoms with E-state index in [1.807, 2.05) is 0 Å². The molecule has 0 saturated heterocycles. The van der Waals surface area contributed by atoms with Gasteiger partial charge in [0.15, 0.2) is 11.5 Å². The number of rotatable bonds is 7. The molecule has 0 amide bonds. The first-order chi connectivity index (χ1) is 14.6. The molecule has 2 aliphatic rings. The number of non-ortho nitro benzene ring substituents is 1. The Kier molecular flexibility index (Phi) is 4.47. The smallest absolute Gasteiger partial charge is 0.270 e. The van der Waals surface area contributed by atoms with Crippen molar-refractivity contribution in [3.63, 3.8) is 0 Å². The van der Waals surface area contributed by atoms with Crippen molar-refractivity contribution in [2.75, 3.05) is 6.79 Å². The predicted molar refractivity (Wildman–Crippen MR) is 103 cm³/mol. The maximum atomic E-state index is 11.0. The zero-order valence-electron chi connectivity index (χ0n) is 15.9. The Bertz CT molecular complexity index is 1110. The largest absolute Gasteiger partial charge is 0.507 e. The van der Waals surface area contributed by atoms with E-state index in [9.17, 15) is 15.2 Å². The normalized spacial score (nSPS) is 15.0. The van der Waals surface area contributed by atoms with E-state index in [1.54, 1.807) is 24.3 Å². The van der Waals surface area contributed by atoms with Gasteiger partial charge in [-0.2, -0.15) is 0 Å². The molecule has 0 spiro atoms. The molecule has 1 N–H and O–H groups in total. The van der Waals surface area contributed by atoms with E-state index < -0.39 is 4.92 Å². The van der Waals surface area contributed by atoms with Crippen LogP contribution in [0.3, 0.4) is 0 Å². The van der Waals surface area contributed by atoms with Crippen molar-refractivity contribution in [3.8, 4) is 28.7 Å². The second-order valence-electron chi connectivity index (χ2n) is 7.28. The van der Waals surface area contributed by atoms with Crippen LogP contribution in [0.4, 0.5) is 5.69 Å². The third kappa shape index (κ3) is 3.64. The lowest BCUT2D eigenvalue weighted by molar-refractivity contribution is -0.384. The van der Waals surface area contributed by atoms with Gasteiger partial charge in [-0.1, -0.05) is 6.07 Å². The summed E-state index contributed by atoms with van der Waals surface area (Å²) in [7, 11) is 0. The Morgan fingerprint density at radius 1 is 1.13 bits per heavy atom. The lowest BCUT2D eigenvalue weighted by Gasteiger charge is -2.20. The number of ether oxygens (including phenoxy) is 2. The molecule has 10 nitrogen and oxygen atoms in total. The highest BCUT2D eigenvalue weighted by Gasteiger charge is 2.31. The maximum Gasteiger partial charge on any atom is 0.270 e. The molecule has 1 saturated carbocycles. The average Bonchev–Trinajstić information content (AvgIpc) is 3.32. The van der Waals surface area contributed by atoms with Crippen molar-refractivity contribution in [2.45, 2.75) is 32.0 Å². The summed E-state index contributed by atoms with van der Waals surface area (Å²) in [5, 5.41) is 29.5. The number of nitro groups is 1. The van der Waals surface area contributed by atoms with Gasteiger partial charge in [0.25, 0.3) is 5.69 Å². The first-order valence-corrected chi connectivity index (χ1v) is 9.49. The molecular weight excluding hydrogens is 392 g/mol. The number of nitrogens with zero attached hydrogens (tertiary/aromatic N) is 4. The van der Waals surface area contributed by atoms with Crippen LogP contribution in [0.2, 0.25) is 0 Å². The van der Waals surface area contributed by atoms with E-state index in [0.717, 1.165) is 18.4 Å². The van der Waals surface area contributed by atoms with Gasteiger partial charge in [0.1, 0.15) is 5.75 Å². The highest BCUT2D eigenvalue weighted by molar-refractivity contribution is 5.57. The molecule has 0 atom stereocenters. The molecule has 154 valence electrons. The summed E-state index contributed by atoms with van der Waals surface area (Å²) in [5.74, 6) is 1.93. The number of hydrogen-bond acceptors (Lipinski definition) is 9. The monoisotopic (exact) mass is 410 g/mol. The molecule has 2 aromatic carbocycles. The van der Waals surface area contributed by atoms with E-state index in [0.29, 0.717) is 42.1 Å². The van der Waals surface area contributed by atoms with Crippen molar-refractivity contribution < 1.29 is 23.9 Å². The van der Waals surface area contributed by atoms with Gasteiger partial charge in [0.05, 0.1) is 11.5 Å². The number of phenols is 1. The highest BCUT2D eigenvalue weighted by atomic mass is 16.7. The molecule has 1 fully saturated rings. The minimum Gasteiger partial charge on any atom is -0.507 e. The second-order valence-corrected chi connectivity index (χ2v) is 7.28. The first kappa shape index (κ1) is 18.4. The molecule has 1 aromatic heterocycles. The zero-order valence-corrected chi connectivity index (χ0v) is 15.9. The van der Waals surface area contributed by atoms with Crippen LogP contribution in [-0.2, 0) is 13.1 Å². The van der Waals surface area contributed by atoms with Crippen LogP contribution in [0.25, 0.3) is 11.5 Å². The number of nitro benzene ring substituents is 1. The van der Waals surface area contributed by atoms with Crippen LogP contribution in [0.5, 0.6) is 17.2 Å². The van der Waals surface area contributed by atoms with E-state index >= 15 is 0 Å². The van der Waals surface area contributed by atoms with E-state index in [-0.39, 0.29) is 24.1 Å². The third-order valence-corrected chi connectivity index (χ3v) is 5.12. The summed E-state index contributed by atoms with van der Waals surface area (Å²) >= 11 is 0. The van der Waals surface area contributed by atoms with Gasteiger partial charge in [-0.05, 0) is 25.0 Å². The molecule has 5 rings (SSSR count). The fraction of sp³-hybridized carbons (Fsp3) is 0.300. The van der Waals surface area contributed by atoms with Gasteiger partial charge < -0.3 is 19.0 Å². The Labute approximate surface area is 170 Å². The van der Waals surface area contributed by atoms with E-state index in [4.69, 9.17) is 13.9 Å². The zero-order chi connectivity index (χ0) is 20.7. The van der Waals surface area contributed by atoms with Gasteiger partial charge in [-0.15, -0.1) is 10.2 Å². The summed E-state index contributed by atoms with van der Waals surface area (Å²) in [6.07, 6.45) is 2.11. The van der Waals surface area contributed by atoms with Gasteiger partial charge >= 0.3 is 0 Å². The van der Waals surface area contributed by atoms with Crippen molar-refractivity contribution in [1.29, 1.82) is 0 Å². The van der Waals surface area contributed by atoms with E-state index in [1.165, 1.54) is 12.1 Å². The molecule has 30 heavy (non-hydrogen) atoms. The minimum absolute atomic E-state index is 0.0369. The van der Waals surface area contributed by atoms with Crippen molar-refractivity contribution in [3.05, 3.63) is 58.0 Å². The van der Waals surface area contributed by atoms with Crippen LogP contribution >= 0.6 is 0 Å². The molecule has 10 heteroatoms. The van der Waals surface area contributed by atoms with Gasteiger partial charge in [0, 0.05) is 41.9 Å². The van der Waals surface area contributed by atoms with Crippen LogP contribution in [-0.4, -0.2) is 38.0 Å². The SMILES string of the molecule is O=[N+]([O-])c1cccc(-c2nnc(CN(Cc3cc4c(cc3O)OCO4)C3CC3)o2)c1. The Hall–Kier alpha value is -3.66. The lowest BCUT2D eigenvalue weighted by atomic mass is 10.1. The summed E-state index contributed by atoms with van der Waals surface area (Å²) in [4.78, 5) is 12.7. The number of fused-ring (bicyclic) bond motifs is 1. The topological polar surface area (TPSA) is 124 Å². The average molecular weight is 410 g/mol. The van der Waals surface area contributed by atoms with Crippen LogP contribution < -0.4 is 9.47 Å². The highest BCUT2D eigenvalue weighted by Crippen LogP contribution is 2.39. The van der Waals surface area contributed by atoms with Crippen molar-refractivity contribution in [2.24, 2.45) is 0 Å². The Balaban J connectivity index is 1.34. The fourth-order valence-corrected chi connectivity index (χ4v) is 3.43. The first-order valence-electron chi connectivity index (χ1n) is 9.49. The van der Waals surface area contributed by atoms with E-state index in [2.05, 4.69) is 15.1 Å². The number of benzene rings is 2. The molecule has 2 heterocycles. The Morgan fingerprint density at radius 2 is 1.93 bits per heavy atom. The molecule has 1 aliphatic carbocycles. The van der Waals surface area contributed by atoms with Crippen LogP contribution in [0.1, 0.15) is 24.3 Å². The number of aromatic hydroxyl groups is 1. The molecule has 0 bridgehead atoms. The molecular formula is C20H18N4O6. The molecule has 3 aromatic rings. The molecule has 1 aliphatic heterocycles. The summed E-state index contributed by atoms with van der Waals surface area (Å²) < 4.78 is 16.5. The third-order valence-electron chi connectivity index (χ3n) is 5.12. The molecule has 0 radical (unpaired) electrons. The number of phenolic OH excluding ortho intramolecular Hbond substituents is 1. The van der Waals surface area contributed by atoms with Crippen molar-refractivity contribution >= 4 is 5.69 Å². The summed E-state index contributed by atoms with van der Waals surface area (Å²) in [5.41, 5.74) is 1.18. The van der Waals surface area contributed by atoms with Gasteiger partial charge in [-0.25, -0.2) is 0 Å². The maximum absolute atomic E-state index is 11.0. The minimum atomic E-state index is -0.465. The summed E-state index contributed by atoms with van der Waals surface area (Å²) in [6, 6.07) is 9.80. The Morgan fingerprint density at radius 3 is 2.70 bits per heavy atom. The number of aromatic nitrogens is 2. The number of hydrogen-bond donors (Lipinski definition) is 1. The van der Waals surface area contributed by atoms with Crippen molar-refractivity contribution in [1.82, 2.24) is 15.1 Å². The molecule has 0 unspecified atom stereocenters. The fourth-order valence-electron chi connectivity index (χ4n) is 3.43. The predicted octanol–water partition coefficient (Wildman–Crippen LogP) is 3.24. The van der Waals surface area contributed by atoms with Gasteiger partial charge in [0.2, 0.25) is 18.6 Å². The second kappa shape index (κ2) is 7.30. The lowest BCUT2D eigenvalue weighted by Crippen LogP contribution is -2.25. The summed E-state index contributed by atoms with van der Waals surface area (Å²) in [6.45, 7) is 1.04. The van der Waals surface area contributed by atoms with Gasteiger partial charge in [-0.3, -0.25) is 15.0 Å². The standard InChI is InChI=1S/C20H18N4O6/c25-16-8-18-17(28-11-29-18)7-13(16)9-23(14-4-5-14)10-19-21-22-20(30-19)12-2-1-3-15(6-12)24(26)27/h1-3,6-8,14,25H,4-5,9-11H2. The van der Waals surface area contributed by atoms with Crippen LogP contribution in [0.15, 0.2) is 40.8 Å². The van der Waals surface area contributed by atoms with Crippen LogP contribution in [0, 0.1) is 10.1 Å². The quantitative estimate of drug-likeness (QED) is 0.461.